The minimum absolute atomic E-state index is 0.391. The first-order valence-corrected chi connectivity index (χ1v) is 9.14. The maximum atomic E-state index is 11.5. The van der Waals surface area contributed by atoms with E-state index in [1.807, 2.05) is 6.07 Å². The lowest BCUT2D eigenvalue weighted by Crippen LogP contribution is -2.09. The van der Waals surface area contributed by atoms with Gasteiger partial charge in [-0.05, 0) is 30.0 Å². The van der Waals surface area contributed by atoms with Crippen LogP contribution in [-0.2, 0) is 16.3 Å². The van der Waals surface area contributed by atoms with E-state index in [0.717, 1.165) is 16.8 Å². The molecule has 1 aliphatic rings. The van der Waals surface area contributed by atoms with Crippen LogP contribution in [0.2, 0.25) is 0 Å². The molecule has 1 saturated carbocycles. The van der Waals surface area contributed by atoms with Gasteiger partial charge in [-0.2, -0.15) is 0 Å². The van der Waals surface area contributed by atoms with Crippen molar-refractivity contribution in [2.24, 2.45) is 5.92 Å². The molecule has 4 heteroatoms. The van der Waals surface area contributed by atoms with Crippen LogP contribution in [0.1, 0.15) is 37.7 Å². The fraction of sp³-hybridized carbons (Fsp3) is 0.571. The lowest BCUT2D eigenvalue weighted by Gasteiger charge is -2.22. The van der Waals surface area contributed by atoms with E-state index in [-0.39, 0.29) is 0 Å². The smallest absolute Gasteiger partial charge is 0.175 e. The molecule has 0 aliphatic heterocycles. The van der Waals surface area contributed by atoms with Crippen molar-refractivity contribution >= 4 is 25.8 Å². The van der Waals surface area contributed by atoms with E-state index in [2.05, 4.69) is 15.9 Å². The van der Waals surface area contributed by atoms with Crippen molar-refractivity contribution in [1.82, 2.24) is 0 Å². The summed E-state index contributed by atoms with van der Waals surface area (Å²) in [5.74, 6) is 0.763. The molecule has 0 aromatic heterocycles. The van der Waals surface area contributed by atoms with Crippen LogP contribution in [0.5, 0.6) is 0 Å². The zero-order valence-corrected chi connectivity index (χ0v) is 13.1. The summed E-state index contributed by atoms with van der Waals surface area (Å²) in [6.45, 7) is 0. The Bertz CT molecular complexity index is 517. The molecule has 1 aromatic carbocycles. The molecule has 0 atom stereocenters. The predicted octanol–water partition coefficient (Wildman–Crippen LogP) is 3.98. The van der Waals surface area contributed by atoms with Crippen molar-refractivity contribution < 1.29 is 8.42 Å². The van der Waals surface area contributed by atoms with Gasteiger partial charge in [-0.3, -0.25) is 0 Å². The Morgan fingerprint density at radius 3 is 2.44 bits per heavy atom. The van der Waals surface area contributed by atoms with Crippen LogP contribution in [0.15, 0.2) is 27.6 Å². The summed E-state index contributed by atoms with van der Waals surface area (Å²) in [4.78, 5) is 0.391. The molecule has 0 bridgehead atoms. The third-order valence-electron chi connectivity index (χ3n) is 3.69. The Balaban J connectivity index is 2.14. The largest absolute Gasteiger partial charge is 0.224 e. The number of benzene rings is 1. The highest BCUT2D eigenvalue weighted by molar-refractivity contribution is 9.10. The highest BCUT2D eigenvalue weighted by Crippen LogP contribution is 2.30. The second-order valence-electron chi connectivity index (χ2n) is 5.23. The zero-order chi connectivity index (χ0) is 13.2. The molecule has 0 heterocycles. The Kier molecular flexibility index (Phi) is 4.49. The monoisotopic (exact) mass is 330 g/mol. The second kappa shape index (κ2) is 5.74. The first kappa shape index (κ1) is 14.1. The number of hydrogen-bond donors (Lipinski definition) is 0. The molecule has 2 rings (SSSR count). The van der Waals surface area contributed by atoms with E-state index in [0.29, 0.717) is 4.90 Å². The first-order valence-electron chi connectivity index (χ1n) is 6.45. The van der Waals surface area contributed by atoms with Gasteiger partial charge in [0.2, 0.25) is 0 Å². The molecular weight excluding hydrogens is 312 g/mol. The van der Waals surface area contributed by atoms with E-state index in [1.54, 1.807) is 12.1 Å². The number of halogens is 1. The standard InChI is InChI=1S/C14H19BrO2S/c1-18(16,17)13-8-7-12(14(15)10-13)9-11-5-3-2-4-6-11/h7-8,10-11H,2-6,9H2,1H3. The minimum atomic E-state index is -3.11. The van der Waals surface area contributed by atoms with E-state index in [4.69, 9.17) is 0 Å². The second-order valence-corrected chi connectivity index (χ2v) is 8.10. The molecule has 100 valence electrons. The Morgan fingerprint density at radius 1 is 1.22 bits per heavy atom. The Morgan fingerprint density at radius 2 is 1.89 bits per heavy atom. The van der Waals surface area contributed by atoms with Crippen molar-refractivity contribution in [2.75, 3.05) is 6.26 Å². The van der Waals surface area contributed by atoms with Crippen molar-refractivity contribution in [1.29, 1.82) is 0 Å². The summed E-state index contributed by atoms with van der Waals surface area (Å²) in [5, 5.41) is 0. The fourth-order valence-corrected chi connectivity index (χ4v) is 3.97. The molecule has 0 spiro atoms. The topological polar surface area (TPSA) is 34.1 Å². The van der Waals surface area contributed by atoms with Crippen LogP contribution < -0.4 is 0 Å². The van der Waals surface area contributed by atoms with Gasteiger partial charge in [0.05, 0.1) is 4.90 Å². The fourth-order valence-electron chi connectivity index (χ4n) is 2.63. The third-order valence-corrected chi connectivity index (χ3v) is 5.53. The van der Waals surface area contributed by atoms with Crippen molar-refractivity contribution in [2.45, 2.75) is 43.4 Å². The predicted molar refractivity (Wildman–Crippen MR) is 77.5 cm³/mol. The lowest BCUT2D eigenvalue weighted by molar-refractivity contribution is 0.356. The maximum absolute atomic E-state index is 11.5. The average Bonchev–Trinajstić information content (AvgIpc) is 2.32. The van der Waals surface area contributed by atoms with Crippen LogP contribution in [0.4, 0.5) is 0 Å². The molecule has 0 N–H and O–H groups in total. The van der Waals surface area contributed by atoms with E-state index < -0.39 is 9.84 Å². The summed E-state index contributed by atoms with van der Waals surface area (Å²) in [5.41, 5.74) is 1.23. The van der Waals surface area contributed by atoms with Gasteiger partial charge in [0.25, 0.3) is 0 Å². The van der Waals surface area contributed by atoms with Crippen LogP contribution in [0.25, 0.3) is 0 Å². The summed E-state index contributed by atoms with van der Waals surface area (Å²) in [6.07, 6.45) is 8.96. The molecular formula is C14H19BrO2S. The highest BCUT2D eigenvalue weighted by atomic mass is 79.9. The van der Waals surface area contributed by atoms with Gasteiger partial charge in [0.15, 0.2) is 9.84 Å². The summed E-state index contributed by atoms with van der Waals surface area (Å²) in [6, 6.07) is 5.40. The van der Waals surface area contributed by atoms with E-state index in [9.17, 15) is 8.42 Å². The molecule has 1 aromatic rings. The van der Waals surface area contributed by atoms with Crippen LogP contribution in [-0.4, -0.2) is 14.7 Å². The Labute approximate surface area is 118 Å². The number of sulfone groups is 1. The average molecular weight is 331 g/mol. The van der Waals surface area contributed by atoms with Gasteiger partial charge in [-0.15, -0.1) is 0 Å². The van der Waals surface area contributed by atoms with Crippen LogP contribution >= 0.6 is 15.9 Å². The minimum Gasteiger partial charge on any atom is -0.224 e. The SMILES string of the molecule is CS(=O)(=O)c1ccc(CC2CCCCC2)c(Br)c1. The molecule has 0 saturated heterocycles. The maximum Gasteiger partial charge on any atom is 0.175 e. The quantitative estimate of drug-likeness (QED) is 0.840. The first-order chi connectivity index (χ1) is 8.47. The van der Waals surface area contributed by atoms with E-state index in [1.165, 1.54) is 43.9 Å². The Hall–Kier alpha value is -0.350. The van der Waals surface area contributed by atoms with Gasteiger partial charge in [0.1, 0.15) is 0 Å². The van der Waals surface area contributed by atoms with Gasteiger partial charge in [-0.25, -0.2) is 8.42 Å². The molecule has 0 unspecified atom stereocenters. The molecule has 18 heavy (non-hydrogen) atoms. The normalized spacial score (nSPS) is 17.9. The van der Waals surface area contributed by atoms with Crippen LogP contribution in [0.3, 0.4) is 0 Å². The summed E-state index contributed by atoms with van der Waals surface area (Å²) < 4.78 is 23.9. The summed E-state index contributed by atoms with van der Waals surface area (Å²) in [7, 11) is -3.11. The van der Waals surface area contributed by atoms with Crippen molar-refractivity contribution in [3.63, 3.8) is 0 Å². The molecule has 1 aliphatic carbocycles. The summed E-state index contributed by atoms with van der Waals surface area (Å²) >= 11 is 3.50. The van der Waals surface area contributed by atoms with E-state index >= 15 is 0 Å². The molecule has 0 radical (unpaired) electrons. The zero-order valence-electron chi connectivity index (χ0n) is 10.7. The molecule has 2 nitrogen and oxygen atoms in total. The number of rotatable bonds is 3. The van der Waals surface area contributed by atoms with Crippen molar-refractivity contribution in [3.05, 3.63) is 28.2 Å². The molecule has 1 fully saturated rings. The van der Waals surface area contributed by atoms with Gasteiger partial charge < -0.3 is 0 Å². The van der Waals surface area contributed by atoms with Crippen LogP contribution in [0, 0.1) is 5.92 Å². The van der Waals surface area contributed by atoms with Crippen molar-refractivity contribution in [3.8, 4) is 0 Å². The molecule has 0 amide bonds. The third kappa shape index (κ3) is 3.58. The van der Waals surface area contributed by atoms with Gasteiger partial charge in [0, 0.05) is 10.7 Å². The van der Waals surface area contributed by atoms with Gasteiger partial charge >= 0.3 is 0 Å². The highest BCUT2D eigenvalue weighted by Gasteiger charge is 2.16. The van der Waals surface area contributed by atoms with Gasteiger partial charge in [-0.1, -0.05) is 54.1 Å². The number of hydrogen-bond acceptors (Lipinski definition) is 2. The lowest BCUT2D eigenvalue weighted by atomic mass is 9.85.